The largest absolute Gasteiger partial charge is 0.511 e. The Hall–Kier alpha value is -3.43. The van der Waals surface area contributed by atoms with E-state index in [0.29, 0.717) is 50.4 Å². The van der Waals surface area contributed by atoms with Crippen LogP contribution in [0.3, 0.4) is 0 Å². The topological polar surface area (TPSA) is 131 Å². The molecular formula is C32H46N2O8. The van der Waals surface area contributed by atoms with Gasteiger partial charge in [-0.1, -0.05) is 53.7 Å². The first-order valence-electron chi connectivity index (χ1n) is 14.8. The van der Waals surface area contributed by atoms with Gasteiger partial charge in [-0.05, 0) is 12.8 Å². The summed E-state index contributed by atoms with van der Waals surface area (Å²) in [5.41, 5.74) is -0.346. The number of Topliss-reactive ketones (excluding diaryl/α,β-unsaturated/α-hetero) is 3. The summed E-state index contributed by atoms with van der Waals surface area (Å²) in [6, 6.07) is 0. The van der Waals surface area contributed by atoms with Crippen molar-refractivity contribution < 1.29 is 38.6 Å². The van der Waals surface area contributed by atoms with E-state index in [9.17, 15) is 29.1 Å². The van der Waals surface area contributed by atoms with Crippen molar-refractivity contribution in [3.05, 3.63) is 34.9 Å². The number of methoxy groups -OCH3 is 2. The summed E-state index contributed by atoms with van der Waals surface area (Å²) in [4.78, 5) is 69.5. The highest BCUT2D eigenvalue weighted by Gasteiger charge is 2.51. The molecule has 3 atom stereocenters. The van der Waals surface area contributed by atoms with Gasteiger partial charge in [0.1, 0.15) is 29.3 Å². The summed E-state index contributed by atoms with van der Waals surface area (Å²) in [6.45, 7) is 12.8. The highest BCUT2D eigenvalue weighted by Crippen LogP contribution is 2.45. The minimum absolute atomic E-state index is 0.144. The van der Waals surface area contributed by atoms with Crippen molar-refractivity contribution >= 4 is 29.3 Å². The van der Waals surface area contributed by atoms with Gasteiger partial charge in [-0.2, -0.15) is 0 Å². The van der Waals surface area contributed by atoms with Gasteiger partial charge in [-0.15, -0.1) is 0 Å². The van der Waals surface area contributed by atoms with Crippen LogP contribution >= 0.6 is 0 Å². The zero-order valence-electron chi connectivity index (χ0n) is 26.2. The second-order valence-corrected chi connectivity index (χ2v) is 12.6. The van der Waals surface area contributed by atoms with Crippen molar-refractivity contribution in [3.63, 3.8) is 0 Å². The Morgan fingerprint density at radius 1 is 0.833 bits per heavy atom. The molecule has 10 heteroatoms. The Labute approximate surface area is 248 Å². The minimum Gasteiger partial charge on any atom is -0.511 e. The number of hydrogen-bond donors (Lipinski definition) is 1. The van der Waals surface area contributed by atoms with Crippen molar-refractivity contribution in [1.29, 1.82) is 0 Å². The lowest BCUT2D eigenvalue weighted by Gasteiger charge is -2.46. The molecule has 0 aromatic heterocycles. The number of ketones is 3. The second kappa shape index (κ2) is 12.8. The van der Waals surface area contributed by atoms with Crippen LogP contribution < -0.4 is 0 Å². The SMILES string of the molecule is CCCC(=O)C1=C(O)[C@@H](C(=O)OC)C(C)(C)C=C1N1CCN(C2=CC(C)(C)[C@H](C(=O)OC)C(=O)[C@@H]2C(=O)CCC)CC1. The molecule has 0 unspecified atom stereocenters. The van der Waals surface area contributed by atoms with Crippen molar-refractivity contribution in [2.24, 2.45) is 28.6 Å². The van der Waals surface area contributed by atoms with Gasteiger partial charge in [0.2, 0.25) is 0 Å². The lowest BCUT2D eigenvalue weighted by Crippen LogP contribution is -2.53. The first-order chi connectivity index (χ1) is 19.7. The first-order valence-corrected chi connectivity index (χ1v) is 14.8. The molecule has 1 aliphatic heterocycles. The average Bonchev–Trinajstić information content (AvgIpc) is 2.91. The number of nitrogens with zero attached hydrogens (tertiary/aromatic N) is 2. The highest BCUT2D eigenvalue weighted by atomic mass is 16.5. The van der Waals surface area contributed by atoms with E-state index in [4.69, 9.17) is 9.47 Å². The number of esters is 2. The number of carbonyl (C=O) groups is 5. The molecule has 0 spiro atoms. The maximum Gasteiger partial charge on any atom is 0.317 e. The molecule has 0 aromatic rings. The van der Waals surface area contributed by atoms with Crippen LogP contribution in [0.1, 0.15) is 67.2 Å². The normalized spacial score (nSPS) is 25.4. The molecule has 1 heterocycles. The predicted octanol–water partition coefficient (Wildman–Crippen LogP) is 3.77. The van der Waals surface area contributed by atoms with Gasteiger partial charge in [-0.3, -0.25) is 24.0 Å². The Morgan fingerprint density at radius 2 is 1.33 bits per heavy atom. The Morgan fingerprint density at radius 3 is 1.86 bits per heavy atom. The lowest BCUT2D eigenvalue weighted by atomic mass is 9.66. The summed E-state index contributed by atoms with van der Waals surface area (Å²) in [5.74, 6) is -5.54. The molecule has 3 rings (SSSR count). The average molecular weight is 587 g/mol. The van der Waals surface area contributed by atoms with Crippen molar-refractivity contribution in [2.45, 2.75) is 67.2 Å². The summed E-state index contributed by atoms with van der Waals surface area (Å²) in [5, 5.41) is 11.3. The van der Waals surface area contributed by atoms with Crippen LogP contribution in [0, 0.1) is 28.6 Å². The van der Waals surface area contributed by atoms with E-state index in [1.165, 1.54) is 14.2 Å². The van der Waals surface area contributed by atoms with E-state index in [1.807, 2.05) is 49.6 Å². The molecule has 1 fully saturated rings. The number of rotatable bonds is 10. The maximum atomic E-state index is 13.7. The van der Waals surface area contributed by atoms with Crippen molar-refractivity contribution in [3.8, 4) is 0 Å². The van der Waals surface area contributed by atoms with Crippen LogP contribution in [0.4, 0.5) is 0 Å². The fourth-order valence-electron chi connectivity index (χ4n) is 6.51. The minimum atomic E-state index is -1.07. The smallest absolute Gasteiger partial charge is 0.317 e. The molecule has 0 saturated carbocycles. The fourth-order valence-corrected chi connectivity index (χ4v) is 6.51. The first kappa shape index (κ1) is 33.1. The molecule has 1 N–H and O–H groups in total. The summed E-state index contributed by atoms with van der Waals surface area (Å²) in [7, 11) is 2.50. The molecule has 42 heavy (non-hydrogen) atoms. The summed E-state index contributed by atoms with van der Waals surface area (Å²) >= 11 is 0. The number of piperazine rings is 1. The standard InChI is InChI=1S/C32H46N2O8/c1-9-11-21(35)23-19(17-31(3,4)25(27(23)37)29(39)41-7)33-13-15-34(16-14-33)20-18-32(5,6)26(30(40)42-8)28(38)24(20)22(36)12-10-2/h17-18,23,25-26,38H,9-16H2,1-8H3/t23-,25-,26-/m0/s1. The Bertz CT molecular complexity index is 1220. The zero-order chi connectivity index (χ0) is 31.6. The van der Waals surface area contributed by atoms with Crippen LogP contribution in [0.25, 0.3) is 0 Å². The van der Waals surface area contributed by atoms with Gasteiger partial charge in [-0.25, -0.2) is 0 Å². The van der Waals surface area contributed by atoms with Crippen LogP contribution in [0.15, 0.2) is 34.9 Å². The van der Waals surface area contributed by atoms with Crippen molar-refractivity contribution in [2.75, 3.05) is 40.4 Å². The quantitative estimate of drug-likeness (QED) is 0.298. The Kier molecular flexibility index (Phi) is 10.1. The summed E-state index contributed by atoms with van der Waals surface area (Å²) in [6.07, 6.45) is 5.34. The molecule has 3 aliphatic rings. The molecule has 0 amide bonds. The van der Waals surface area contributed by atoms with E-state index in [1.54, 1.807) is 13.8 Å². The number of allylic oxidation sites excluding steroid dienone is 4. The molecule has 0 radical (unpaired) electrons. The highest BCUT2D eigenvalue weighted by molar-refractivity contribution is 6.13. The van der Waals surface area contributed by atoms with E-state index in [0.717, 1.165) is 0 Å². The molecule has 2 aliphatic carbocycles. The van der Waals surface area contributed by atoms with Gasteiger partial charge < -0.3 is 24.4 Å². The van der Waals surface area contributed by atoms with E-state index >= 15 is 0 Å². The molecule has 10 nitrogen and oxygen atoms in total. The van der Waals surface area contributed by atoms with Crippen LogP contribution in [-0.2, 0) is 33.4 Å². The van der Waals surface area contributed by atoms with Crippen LogP contribution in [0.2, 0.25) is 0 Å². The molecular weight excluding hydrogens is 540 g/mol. The van der Waals surface area contributed by atoms with Gasteiger partial charge in [0.15, 0.2) is 11.6 Å². The fraction of sp³-hybridized carbons (Fsp3) is 0.656. The van der Waals surface area contributed by atoms with E-state index in [2.05, 4.69) is 0 Å². The number of carbonyl (C=O) groups excluding carboxylic acids is 5. The van der Waals surface area contributed by atoms with E-state index < -0.39 is 46.3 Å². The van der Waals surface area contributed by atoms with Gasteiger partial charge in [0, 0.05) is 61.2 Å². The number of aliphatic hydroxyl groups is 1. The maximum absolute atomic E-state index is 13.7. The molecule has 0 aromatic carbocycles. The molecule has 232 valence electrons. The molecule has 0 bridgehead atoms. The number of ether oxygens (including phenoxy) is 2. The molecule has 1 saturated heterocycles. The van der Waals surface area contributed by atoms with Crippen LogP contribution in [-0.4, -0.2) is 84.6 Å². The number of hydrogen-bond acceptors (Lipinski definition) is 10. The summed E-state index contributed by atoms with van der Waals surface area (Å²) < 4.78 is 9.90. The number of aliphatic hydroxyl groups excluding tert-OH is 1. The second-order valence-electron chi connectivity index (χ2n) is 12.6. The third-order valence-corrected chi connectivity index (χ3v) is 8.60. The monoisotopic (exact) mass is 586 g/mol. The third-order valence-electron chi connectivity index (χ3n) is 8.60. The van der Waals surface area contributed by atoms with Crippen molar-refractivity contribution in [1.82, 2.24) is 9.80 Å². The lowest BCUT2D eigenvalue weighted by molar-refractivity contribution is -0.156. The van der Waals surface area contributed by atoms with Crippen LogP contribution in [0.5, 0.6) is 0 Å². The zero-order valence-corrected chi connectivity index (χ0v) is 26.2. The third kappa shape index (κ3) is 6.17. The van der Waals surface area contributed by atoms with E-state index in [-0.39, 0.29) is 35.7 Å². The Balaban J connectivity index is 1.97. The van der Waals surface area contributed by atoms with Gasteiger partial charge in [0.25, 0.3) is 0 Å². The predicted molar refractivity (Wildman–Crippen MR) is 156 cm³/mol. The van der Waals surface area contributed by atoms with Gasteiger partial charge >= 0.3 is 11.9 Å². The van der Waals surface area contributed by atoms with Gasteiger partial charge in [0.05, 0.1) is 19.8 Å².